The second kappa shape index (κ2) is 6.83. The third kappa shape index (κ3) is 3.28. The summed E-state index contributed by atoms with van der Waals surface area (Å²) in [6, 6.07) is 3.17. The number of hydrazine groups is 1. The summed E-state index contributed by atoms with van der Waals surface area (Å²) < 4.78 is 19.8. The van der Waals surface area contributed by atoms with Gasteiger partial charge < -0.3 is 4.74 Å². The van der Waals surface area contributed by atoms with Crippen molar-refractivity contribution < 1.29 is 9.13 Å². The normalized spacial score (nSPS) is 14.6. The minimum atomic E-state index is -0.324. The first-order chi connectivity index (χ1) is 8.54. The molecule has 2 unspecified atom stereocenters. The Hall–Kier alpha value is -0.970. The zero-order valence-electron chi connectivity index (χ0n) is 11.6. The number of ether oxygens (including phenoxy) is 1. The second-order valence-corrected chi connectivity index (χ2v) is 4.52. The smallest absolute Gasteiger partial charge is 0.128 e. The van der Waals surface area contributed by atoms with E-state index in [0.29, 0.717) is 12.2 Å². The van der Waals surface area contributed by atoms with E-state index in [1.54, 1.807) is 0 Å². The Morgan fingerprint density at radius 1 is 1.33 bits per heavy atom. The van der Waals surface area contributed by atoms with Gasteiger partial charge in [0.1, 0.15) is 5.82 Å². The van der Waals surface area contributed by atoms with Gasteiger partial charge in [-0.3, -0.25) is 11.3 Å². The molecule has 102 valence electrons. The molecule has 3 nitrogen and oxygen atoms in total. The van der Waals surface area contributed by atoms with Crippen molar-refractivity contribution in [2.24, 2.45) is 5.84 Å². The Kier molecular flexibility index (Phi) is 5.72. The van der Waals surface area contributed by atoms with Crippen molar-refractivity contribution in [3.05, 3.63) is 34.6 Å². The van der Waals surface area contributed by atoms with Crippen LogP contribution >= 0.6 is 0 Å². The molecule has 18 heavy (non-hydrogen) atoms. The summed E-state index contributed by atoms with van der Waals surface area (Å²) in [5.41, 5.74) is 5.10. The van der Waals surface area contributed by atoms with Crippen LogP contribution in [0.15, 0.2) is 12.1 Å². The predicted octanol–water partition coefficient (Wildman–Crippen LogP) is 2.76. The van der Waals surface area contributed by atoms with E-state index in [2.05, 4.69) is 5.43 Å². The zero-order chi connectivity index (χ0) is 13.7. The van der Waals surface area contributed by atoms with E-state index in [9.17, 15) is 4.39 Å². The first kappa shape index (κ1) is 15.1. The van der Waals surface area contributed by atoms with Gasteiger partial charge in [-0.2, -0.15) is 0 Å². The van der Waals surface area contributed by atoms with Gasteiger partial charge in [0, 0.05) is 12.2 Å². The van der Waals surface area contributed by atoms with Crippen molar-refractivity contribution in [2.45, 2.75) is 46.3 Å². The van der Waals surface area contributed by atoms with Crippen LogP contribution in [0.1, 0.15) is 43.0 Å². The number of halogens is 1. The van der Waals surface area contributed by atoms with Crippen LogP contribution < -0.4 is 11.3 Å². The van der Waals surface area contributed by atoms with Gasteiger partial charge in [0.15, 0.2) is 0 Å². The van der Waals surface area contributed by atoms with Gasteiger partial charge in [0.25, 0.3) is 0 Å². The van der Waals surface area contributed by atoms with E-state index in [4.69, 9.17) is 10.6 Å². The predicted molar refractivity (Wildman–Crippen MR) is 71.6 cm³/mol. The number of benzene rings is 1. The summed E-state index contributed by atoms with van der Waals surface area (Å²) >= 11 is 0. The molecule has 3 N–H and O–H groups in total. The third-order valence-electron chi connectivity index (χ3n) is 3.13. The van der Waals surface area contributed by atoms with Gasteiger partial charge in [0.05, 0.1) is 12.1 Å². The van der Waals surface area contributed by atoms with Gasteiger partial charge in [-0.1, -0.05) is 13.0 Å². The van der Waals surface area contributed by atoms with E-state index >= 15 is 0 Å². The van der Waals surface area contributed by atoms with Crippen LogP contribution in [0.25, 0.3) is 0 Å². The summed E-state index contributed by atoms with van der Waals surface area (Å²) in [5, 5.41) is 0. The lowest BCUT2D eigenvalue weighted by Gasteiger charge is -2.27. The minimum Gasteiger partial charge on any atom is -0.376 e. The summed E-state index contributed by atoms with van der Waals surface area (Å²) in [7, 11) is 0. The highest BCUT2D eigenvalue weighted by Crippen LogP contribution is 2.27. The average molecular weight is 254 g/mol. The molecule has 0 fully saturated rings. The lowest BCUT2D eigenvalue weighted by molar-refractivity contribution is 0.0303. The number of aryl methyl sites for hydroxylation is 2. The highest BCUT2D eigenvalue weighted by Gasteiger charge is 2.25. The maximum Gasteiger partial charge on any atom is 0.128 e. The molecule has 0 aliphatic heterocycles. The molecule has 0 heterocycles. The Balaban J connectivity index is 3.15. The first-order valence-electron chi connectivity index (χ1n) is 6.39. The van der Waals surface area contributed by atoms with Gasteiger partial charge in [0.2, 0.25) is 0 Å². The average Bonchev–Trinajstić information content (AvgIpc) is 2.31. The second-order valence-electron chi connectivity index (χ2n) is 4.52. The summed E-state index contributed by atoms with van der Waals surface area (Å²) in [4.78, 5) is 0. The van der Waals surface area contributed by atoms with Crippen molar-refractivity contribution >= 4 is 0 Å². The van der Waals surface area contributed by atoms with E-state index in [0.717, 1.165) is 17.5 Å². The van der Waals surface area contributed by atoms with Crippen LogP contribution in [0, 0.1) is 19.7 Å². The van der Waals surface area contributed by atoms with Crippen LogP contribution in [-0.2, 0) is 4.74 Å². The summed E-state index contributed by atoms with van der Waals surface area (Å²) in [6.07, 6.45) is 0.644. The van der Waals surface area contributed by atoms with E-state index in [1.165, 1.54) is 6.07 Å². The summed E-state index contributed by atoms with van der Waals surface area (Å²) in [5.74, 6) is 5.36. The van der Waals surface area contributed by atoms with Crippen LogP contribution in [0.4, 0.5) is 4.39 Å². The molecular formula is C14H23FN2O. The van der Waals surface area contributed by atoms with E-state index in [-0.39, 0.29) is 18.0 Å². The number of nitrogens with one attached hydrogen (secondary N) is 1. The minimum absolute atomic E-state index is 0.129. The molecule has 0 aromatic heterocycles. The van der Waals surface area contributed by atoms with E-state index < -0.39 is 0 Å². The molecule has 0 saturated carbocycles. The van der Waals surface area contributed by atoms with Gasteiger partial charge in [-0.05, 0) is 44.4 Å². The van der Waals surface area contributed by atoms with Crippen LogP contribution in [0.5, 0.6) is 0 Å². The highest BCUT2D eigenvalue weighted by atomic mass is 19.1. The number of hydrogen-bond donors (Lipinski definition) is 2. The van der Waals surface area contributed by atoms with Crippen LogP contribution in [0.3, 0.4) is 0 Å². The van der Waals surface area contributed by atoms with Gasteiger partial charge in [-0.25, -0.2) is 4.39 Å². The molecule has 0 aliphatic rings. The maximum atomic E-state index is 14.1. The van der Waals surface area contributed by atoms with Crippen molar-refractivity contribution in [1.29, 1.82) is 0 Å². The van der Waals surface area contributed by atoms with Crippen LogP contribution in [0.2, 0.25) is 0 Å². The lowest BCUT2D eigenvalue weighted by atomic mass is 9.94. The number of hydrogen-bond acceptors (Lipinski definition) is 3. The molecule has 0 radical (unpaired) electrons. The molecule has 0 aliphatic carbocycles. The molecule has 0 spiro atoms. The molecule has 1 rings (SSSR count). The fourth-order valence-corrected chi connectivity index (χ4v) is 2.36. The Bertz CT molecular complexity index is 372. The fourth-order valence-electron chi connectivity index (χ4n) is 2.36. The molecular weight excluding hydrogens is 231 g/mol. The quantitative estimate of drug-likeness (QED) is 0.606. The van der Waals surface area contributed by atoms with E-state index in [1.807, 2.05) is 33.8 Å². The molecule has 4 heteroatoms. The molecule has 0 bridgehead atoms. The Labute approximate surface area is 108 Å². The molecule has 0 amide bonds. The number of rotatable bonds is 6. The monoisotopic (exact) mass is 254 g/mol. The SMILES string of the molecule is CCOC(CC)C(NN)c1c(C)cc(C)cc1F. The van der Waals surface area contributed by atoms with Crippen LogP contribution in [-0.4, -0.2) is 12.7 Å². The fraction of sp³-hybridized carbons (Fsp3) is 0.571. The Morgan fingerprint density at radius 3 is 2.44 bits per heavy atom. The van der Waals surface area contributed by atoms with Crippen molar-refractivity contribution in [2.75, 3.05) is 6.61 Å². The summed E-state index contributed by atoms with van der Waals surface area (Å²) in [6.45, 7) is 8.29. The topological polar surface area (TPSA) is 47.3 Å². The van der Waals surface area contributed by atoms with Crippen molar-refractivity contribution in [3.8, 4) is 0 Å². The van der Waals surface area contributed by atoms with Crippen molar-refractivity contribution in [1.82, 2.24) is 5.43 Å². The van der Waals surface area contributed by atoms with Gasteiger partial charge in [-0.15, -0.1) is 0 Å². The van der Waals surface area contributed by atoms with Gasteiger partial charge >= 0.3 is 0 Å². The standard InChI is InChI=1S/C14H23FN2O/c1-5-12(18-6-2)14(17-16)13-10(4)7-9(3)8-11(13)15/h7-8,12,14,17H,5-6,16H2,1-4H3. The molecule has 0 saturated heterocycles. The molecule has 2 atom stereocenters. The van der Waals surface area contributed by atoms with Crippen molar-refractivity contribution in [3.63, 3.8) is 0 Å². The Morgan fingerprint density at radius 2 is 2.00 bits per heavy atom. The zero-order valence-corrected chi connectivity index (χ0v) is 11.6. The largest absolute Gasteiger partial charge is 0.376 e. The molecule has 1 aromatic carbocycles. The maximum absolute atomic E-state index is 14.1. The first-order valence-corrected chi connectivity index (χ1v) is 6.39. The highest BCUT2D eigenvalue weighted by molar-refractivity contribution is 5.35. The number of nitrogens with two attached hydrogens (primary N) is 1. The molecule has 1 aromatic rings. The lowest BCUT2D eigenvalue weighted by Crippen LogP contribution is -2.38. The third-order valence-corrected chi connectivity index (χ3v) is 3.13.